The highest BCUT2D eigenvalue weighted by atomic mass is 31.2. The first-order valence-corrected chi connectivity index (χ1v) is 21.6. The molecule has 0 saturated heterocycles. The molecule has 0 aliphatic rings. The smallest absolute Gasteiger partial charge is 0.462 e. The maximum atomic E-state index is 12.5. The monoisotopic (exact) mass is 742 g/mol. The van der Waals surface area contributed by atoms with Crippen LogP contribution in [0.3, 0.4) is 0 Å². The van der Waals surface area contributed by atoms with Gasteiger partial charge in [-0.25, -0.2) is 4.57 Å². The Hall–Kier alpha value is -2.03. The van der Waals surface area contributed by atoms with E-state index in [0.29, 0.717) is 12.8 Å². The molecular weight excluding hydrogens is 667 g/mol. The van der Waals surface area contributed by atoms with Crippen LogP contribution in [0.15, 0.2) is 48.6 Å². The lowest BCUT2D eigenvalue weighted by atomic mass is 10.0. The Morgan fingerprint density at radius 3 is 1.67 bits per heavy atom. The fourth-order valence-corrected chi connectivity index (χ4v) is 5.98. The molecule has 0 radical (unpaired) electrons. The minimum Gasteiger partial charge on any atom is -0.462 e. The molecule has 0 rings (SSSR count). The molecule has 0 aromatic heterocycles. The van der Waals surface area contributed by atoms with E-state index in [-0.39, 0.29) is 32.6 Å². The number of unbranched alkanes of at least 4 members (excludes halogenated alkanes) is 16. The van der Waals surface area contributed by atoms with Crippen molar-refractivity contribution in [3.05, 3.63) is 48.6 Å². The van der Waals surface area contributed by atoms with Crippen molar-refractivity contribution in [2.45, 2.75) is 174 Å². The van der Waals surface area contributed by atoms with Gasteiger partial charge in [0.15, 0.2) is 6.10 Å². The molecule has 2 atom stereocenters. The third-order valence-corrected chi connectivity index (χ3v) is 9.20. The van der Waals surface area contributed by atoms with Gasteiger partial charge in [0.25, 0.3) is 0 Å². The second kappa shape index (κ2) is 37.7. The topological polar surface area (TPSA) is 134 Å². The zero-order valence-corrected chi connectivity index (χ0v) is 33.2. The number of phosphoric ester groups is 1. The lowest BCUT2D eigenvalue weighted by molar-refractivity contribution is -0.161. The summed E-state index contributed by atoms with van der Waals surface area (Å²) in [6.07, 6.45) is 41.4. The van der Waals surface area contributed by atoms with Gasteiger partial charge in [0.1, 0.15) is 6.61 Å². The second-order valence-corrected chi connectivity index (χ2v) is 14.6. The van der Waals surface area contributed by atoms with Crippen LogP contribution in [-0.4, -0.2) is 49.3 Å². The highest BCUT2D eigenvalue weighted by Gasteiger charge is 2.25. The highest BCUT2D eigenvalue weighted by Crippen LogP contribution is 2.43. The lowest BCUT2D eigenvalue weighted by Crippen LogP contribution is -2.29. The van der Waals surface area contributed by atoms with Crippen molar-refractivity contribution >= 4 is 19.8 Å². The average Bonchev–Trinajstić information content (AvgIpc) is 3.11. The first-order chi connectivity index (χ1) is 24.8. The van der Waals surface area contributed by atoms with Gasteiger partial charge in [-0.1, -0.05) is 152 Å². The molecule has 10 heteroatoms. The van der Waals surface area contributed by atoms with Crippen LogP contribution in [0.2, 0.25) is 0 Å². The molecule has 0 aliphatic heterocycles. The molecule has 0 heterocycles. The van der Waals surface area contributed by atoms with Crippen molar-refractivity contribution in [1.82, 2.24) is 0 Å². The predicted octanol–water partition coefficient (Wildman–Crippen LogP) is 11.2. The molecule has 0 aliphatic carbocycles. The predicted molar refractivity (Wildman–Crippen MR) is 210 cm³/mol. The van der Waals surface area contributed by atoms with E-state index in [0.717, 1.165) is 38.5 Å². The number of hydrogen-bond donors (Lipinski definition) is 2. The number of esters is 2. The van der Waals surface area contributed by atoms with Gasteiger partial charge in [-0.05, 0) is 51.4 Å². The SMILES string of the molecule is CCCCC/C=C\C/C=C\C/C=C\C/C=C\CCC[14C](=O)O[C@H](COC(=O)CCCCCCCCCCCCCCC)COP(=O)(O)OCCN. The minimum absolute atomic E-state index is 0.0442. The van der Waals surface area contributed by atoms with Gasteiger partial charge < -0.3 is 20.1 Å². The fourth-order valence-electron chi connectivity index (χ4n) is 5.21. The molecule has 51 heavy (non-hydrogen) atoms. The quantitative estimate of drug-likeness (QED) is 0.0276. The van der Waals surface area contributed by atoms with Crippen LogP contribution in [0.25, 0.3) is 0 Å². The van der Waals surface area contributed by atoms with Crippen LogP contribution in [0.4, 0.5) is 0 Å². The van der Waals surface area contributed by atoms with Crippen LogP contribution in [-0.2, 0) is 32.7 Å². The second-order valence-electron chi connectivity index (χ2n) is 13.2. The van der Waals surface area contributed by atoms with Crippen LogP contribution in [0.5, 0.6) is 0 Å². The van der Waals surface area contributed by atoms with E-state index < -0.39 is 32.5 Å². The van der Waals surface area contributed by atoms with Gasteiger partial charge >= 0.3 is 19.8 Å². The first kappa shape index (κ1) is 49.0. The van der Waals surface area contributed by atoms with Crippen LogP contribution in [0.1, 0.15) is 168 Å². The summed E-state index contributed by atoms with van der Waals surface area (Å²) >= 11 is 0. The van der Waals surface area contributed by atoms with E-state index in [4.69, 9.17) is 24.3 Å². The standard InChI is InChI=1S/C41H74NO8P/c1-3-5-7-9-11-13-15-17-18-19-20-22-24-26-28-30-32-34-41(44)50-39(38-49-51(45,46)48-36-35-42)37-47-40(43)33-31-29-27-25-23-21-16-14-12-10-8-6-4-2/h11,13,17-18,20,22,26,28,39H,3-10,12,14-16,19,21,23-25,27,29-38,42H2,1-2H3,(H,45,46)/b13-11-,18-17-,22-20-,28-26-/t39-/m1/s1/i41+2. The van der Waals surface area contributed by atoms with Gasteiger partial charge in [-0.3, -0.25) is 18.6 Å². The summed E-state index contributed by atoms with van der Waals surface area (Å²) < 4.78 is 32.6. The van der Waals surface area contributed by atoms with Crippen molar-refractivity contribution in [3.8, 4) is 0 Å². The summed E-state index contributed by atoms with van der Waals surface area (Å²) in [5, 5.41) is 0. The normalized spacial score (nSPS) is 13.9. The van der Waals surface area contributed by atoms with Gasteiger partial charge in [0.2, 0.25) is 0 Å². The fraction of sp³-hybridized carbons (Fsp3) is 0.756. The third kappa shape index (κ3) is 37.5. The van der Waals surface area contributed by atoms with Crippen molar-refractivity contribution in [2.75, 3.05) is 26.4 Å². The molecule has 1 unspecified atom stereocenters. The molecule has 9 nitrogen and oxygen atoms in total. The van der Waals surface area contributed by atoms with Crippen LogP contribution in [0, 0.1) is 0 Å². The Kier molecular flexibility index (Phi) is 36.2. The molecule has 296 valence electrons. The summed E-state index contributed by atoms with van der Waals surface area (Å²) in [4.78, 5) is 34.7. The van der Waals surface area contributed by atoms with E-state index >= 15 is 0 Å². The Balaban J connectivity index is 4.30. The Labute approximate surface area is 311 Å². The number of nitrogens with two attached hydrogens (primary N) is 1. The van der Waals surface area contributed by atoms with Crippen molar-refractivity contribution in [3.63, 3.8) is 0 Å². The Bertz CT molecular complexity index is 981. The number of phosphoric acid groups is 1. The third-order valence-electron chi connectivity index (χ3n) is 8.22. The Morgan fingerprint density at radius 2 is 1.14 bits per heavy atom. The minimum atomic E-state index is -4.39. The van der Waals surface area contributed by atoms with Crippen molar-refractivity contribution in [1.29, 1.82) is 0 Å². The van der Waals surface area contributed by atoms with Gasteiger partial charge in [-0.15, -0.1) is 0 Å². The molecule has 0 aromatic rings. The number of ether oxygens (including phenoxy) is 2. The average molecular weight is 742 g/mol. The number of rotatable bonds is 37. The summed E-state index contributed by atoms with van der Waals surface area (Å²) in [5.74, 6) is -0.895. The molecule has 0 saturated carbocycles. The van der Waals surface area contributed by atoms with Crippen molar-refractivity contribution < 1.29 is 37.6 Å². The summed E-state index contributed by atoms with van der Waals surface area (Å²) in [6, 6.07) is 0. The lowest BCUT2D eigenvalue weighted by Gasteiger charge is -2.19. The van der Waals surface area contributed by atoms with Crippen LogP contribution >= 0.6 is 7.82 Å². The molecule has 0 aromatic carbocycles. The zero-order chi connectivity index (χ0) is 37.5. The van der Waals surface area contributed by atoms with Gasteiger partial charge in [0, 0.05) is 19.4 Å². The highest BCUT2D eigenvalue weighted by molar-refractivity contribution is 7.47. The zero-order valence-electron chi connectivity index (χ0n) is 32.3. The Morgan fingerprint density at radius 1 is 0.667 bits per heavy atom. The van der Waals surface area contributed by atoms with E-state index in [1.807, 2.05) is 6.08 Å². The number of carbonyl (C=O) groups excluding carboxylic acids is 2. The van der Waals surface area contributed by atoms with E-state index in [2.05, 4.69) is 56.4 Å². The molecule has 3 N–H and O–H groups in total. The number of hydrogen-bond acceptors (Lipinski definition) is 8. The van der Waals surface area contributed by atoms with Crippen molar-refractivity contribution in [2.24, 2.45) is 5.73 Å². The largest absolute Gasteiger partial charge is 0.472 e. The van der Waals surface area contributed by atoms with E-state index in [9.17, 15) is 19.0 Å². The molecule has 0 spiro atoms. The summed E-state index contributed by atoms with van der Waals surface area (Å²) in [5.41, 5.74) is 5.33. The summed E-state index contributed by atoms with van der Waals surface area (Å²) in [6.45, 7) is 3.63. The maximum absolute atomic E-state index is 12.5. The van der Waals surface area contributed by atoms with Crippen LogP contribution < -0.4 is 5.73 Å². The maximum Gasteiger partial charge on any atom is 0.472 e. The first-order valence-electron chi connectivity index (χ1n) is 20.1. The number of carbonyl (C=O) groups is 2. The molecular formula is C41H74NO8P. The van der Waals surface area contributed by atoms with E-state index in [1.54, 1.807) is 0 Å². The molecule has 0 amide bonds. The van der Waals surface area contributed by atoms with E-state index in [1.165, 1.54) is 89.9 Å². The van der Waals surface area contributed by atoms with Gasteiger partial charge in [-0.2, -0.15) is 0 Å². The molecule has 0 bridgehead atoms. The summed E-state index contributed by atoms with van der Waals surface area (Å²) in [7, 11) is -4.39. The van der Waals surface area contributed by atoms with Gasteiger partial charge in [0.05, 0.1) is 13.2 Å². The number of allylic oxidation sites excluding steroid dienone is 8. The molecule has 0 fully saturated rings.